The number of amides is 1. The molecule has 0 N–H and O–H groups in total. The zero-order valence-corrected chi connectivity index (χ0v) is 18.9. The maximum atomic E-state index is 12.7. The highest BCUT2D eigenvalue weighted by Crippen LogP contribution is 2.20. The van der Waals surface area contributed by atoms with Crippen molar-refractivity contribution in [3.8, 4) is 5.75 Å². The van der Waals surface area contributed by atoms with Gasteiger partial charge in [-0.05, 0) is 29.8 Å². The van der Waals surface area contributed by atoms with Crippen molar-refractivity contribution in [1.82, 2.24) is 14.1 Å². The monoisotopic (exact) mass is 459 g/mol. The molecule has 4 rings (SSSR count). The van der Waals surface area contributed by atoms with Gasteiger partial charge in [0.15, 0.2) is 6.61 Å². The quantitative estimate of drug-likeness (QED) is 0.623. The van der Waals surface area contributed by atoms with Crippen LogP contribution in [0, 0.1) is 0 Å². The lowest BCUT2D eigenvalue weighted by Crippen LogP contribution is -2.49. The molecular weight excluding hydrogens is 430 g/mol. The van der Waals surface area contributed by atoms with E-state index in [2.05, 4.69) is 17.0 Å². The van der Waals surface area contributed by atoms with Crippen LogP contribution in [0.5, 0.6) is 5.75 Å². The second kappa shape index (κ2) is 10.4. The molecule has 0 saturated carbocycles. The molecule has 2 aromatic carbocycles. The Labute approximate surface area is 189 Å². The summed E-state index contributed by atoms with van der Waals surface area (Å²) in [5.41, 5.74) is 1.27. The van der Waals surface area contributed by atoms with Gasteiger partial charge in [0.25, 0.3) is 5.91 Å². The maximum absolute atomic E-state index is 12.7. The molecule has 32 heavy (non-hydrogen) atoms. The number of ether oxygens (including phenoxy) is 2. The molecule has 9 heteroatoms. The molecule has 0 atom stereocenters. The Kier molecular flexibility index (Phi) is 7.41. The summed E-state index contributed by atoms with van der Waals surface area (Å²) in [4.78, 5) is 16.9. The zero-order valence-electron chi connectivity index (χ0n) is 18.1. The molecule has 172 valence electrons. The average molecular weight is 460 g/mol. The van der Waals surface area contributed by atoms with E-state index in [9.17, 15) is 13.2 Å². The number of rotatable bonds is 7. The van der Waals surface area contributed by atoms with Gasteiger partial charge in [-0.25, -0.2) is 8.42 Å². The van der Waals surface area contributed by atoms with E-state index in [1.54, 1.807) is 12.1 Å². The van der Waals surface area contributed by atoms with E-state index in [4.69, 9.17) is 9.47 Å². The molecule has 2 aromatic rings. The lowest BCUT2D eigenvalue weighted by Gasteiger charge is -2.34. The van der Waals surface area contributed by atoms with Gasteiger partial charge in [-0.3, -0.25) is 9.69 Å². The molecule has 0 unspecified atom stereocenters. The molecule has 0 aromatic heterocycles. The summed E-state index contributed by atoms with van der Waals surface area (Å²) in [6, 6.07) is 16.5. The molecule has 0 bridgehead atoms. The van der Waals surface area contributed by atoms with Gasteiger partial charge < -0.3 is 14.4 Å². The predicted octanol–water partition coefficient (Wildman–Crippen LogP) is 1.43. The third kappa shape index (κ3) is 5.66. The Morgan fingerprint density at radius 1 is 0.875 bits per heavy atom. The van der Waals surface area contributed by atoms with Crippen LogP contribution in [0.4, 0.5) is 0 Å². The SMILES string of the molecule is O=C(COc1ccc(S(=O)(=O)N2CCOCC2)cc1)N1CCN(Cc2ccccc2)CC1. The molecule has 2 aliphatic heterocycles. The third-order valence-electron chi connectivity index (χ3n) is 5.77. The Balaban J connectivity index is 1.24. The fourth-order valence-electron chi connectivity index (χ4n) is 3.88. The van der Waals surface area contributed by atoms with Gasteiger partial charge >= 0.3 is 0 Å². The first-order valence-corrected chi connectivity index (χ1v) is 12.3. The van der Waals surface area contributed by atoms with Crippen molar-refractivity contribution in [3.05, 3.63) is 60.2 Å². The van der Waals surface area contributed by atoms with Crippen LogP contribution in [0.1, 0.15) is 5.56 Å². The van der Waals surface area contributed by atoms with Crippen LogP contribution in [0.3, 0.4) is 0 Å². The summed E-state index contributed by atoms with van der Waals surface area (Å²) in [5.74, 6) is 0.413. The van der Waals surface area contributed by atoms with Crippen molar-refractivity contribution >= 4 is 15.9 Å². The average Bonchev–Trinajstić information content (AvgIpc) is 2.84. The highest BCUT2D eigenvalue weighted by Gasteiger charge is 2.26. The lowest BCUT2D eigenvalue weighted by molar-refractivity contribution is -0.135. The molecule has 2 aliphatic rings. The van der Waals surface area contributed by atoms with Crippen molar-refractivity contribution < 1.29 is 22.7 Å². The maximum Gasteiger partial charge on any atom is 0.260 e. The van der Waals surface area contributed by atoms with Crippen molar-refractivity contribution in [2.24, 2.45) is 0 Å². The van der Waals surface area contributed by atoms with Gasteiger partial charge in [0.2, 0.25) is 10.0 Å². The normalized spacial score (nSPS) is 18.4. The number of sulfonamides is 1. The van der Waals surface area contributed by atoms with Crippen LogP contribution >= 0.6 is 0 Å². The minimum absolute atomic E-state index is 0.0608. The Bertz CT molecular complexity index is 984. The lowest BCUT2D eigenvalue weighted by atomic mass is 10.2. The summed E-state index contributed by atoms with van der Waals surface area (Å²) in [6.07, 6.45) is 0. The first-order valence-electron chi connectivity index (χ1n) is 10.9. The number of benzene rings is 2. The number of hydrogen-bond donors (Lipinski definition) is 0. The topological polar surface area (TPSA) is 79.4 Å². The Morgan fingerprint density at radius 3 is 2.19 bits per heavy atom. The largest absolute Gasteiger partial charge is 0.484 e. The van der Waals surface area contributed by atoms with Gasteiger partial charge in [-0.2, -0.15) is 4.31 Å². The minimum Gasteiger partial charge on any atom is -0.484 e. The number of morpholine rings is 1. The molecule has 1 amide bonds. The second-order valence-electron chi connectivity index (χ2n) is 7.92. The van der Waals surface area contributed by atoms with Gasteiger partial charge in [0.1, 0.15) is 5.75 Å². The summed E-state index contributed by atoms with van der Waals surface area (Å²) in [7, 11) is -3.54. The van der Waals surface area contributed by atoms with Crippen LogP contribution in [0.25, 0.3) is 0 Å². The molecular formula is C23H29N3O5S. The zero-order chi connectivity index (χ0) is 22.4. The fraction of sp³-hybridized carbons (Fsp3) is 0.435. The minimum atomic E-state index is -3.54. The Morgan fingerprint density at radius 2 is 1.53 bits per heavy atom. The van der Waals surface area contributed by atoms with E-state index in [0.29, 0.717) is 45.1 Å². The van der Waals surface area contributed by atoms with Gasteiger partial charge in [-0.1, -0.05) is 30.3 Å². The number of hydrogen-bond acceptors (Lipinski definition) is 6. The van der Waals surface area contributed by atoms with Crippen molar-refractivity contribution in [2.75, 3.05) is 59.1 Å². The van der Waals surface area contributed by atoms with E-state index in [1.165, 1.54) is 22.0 Å². The summed E-state index contributed by atoms with van der Waals surface area (Å²) in [5, 5.41) is 0. The van der Waals surface area contributed by atoms with Crippen LogP contribution in [0.15, 0.2) is 59.5 Å². The van der Waals surface area contributed by atoms with Crippen LogP contribution in [-0.2, 0) is 26.1 Å². The van der Waals surface area contributed by atoms with E-state index in [0.717, 1.165) is 19.6 Å². The summed E-state index contributed by atoms with van der Waals surface area (Å²) < 4.78 is 37.6. The van der Waals surface area contributed by atoms with Crippen molar-refractivity contribution in [2.45, 2.75) is 11.4 Å². The summed E-state index contributed by atoms with van der Waals surface area (Å²) in [6.45, 7) is 5.35. The number of piperazine rings is 1. The van der Waals surface area contributed by atoms with Crippen LogP contribution in [-0.4, -0.2) is 87.5 Å². The van der Waals surface area contributed by atoms with E-state index >= 15 is 0 Å². The first kappa shape index (κ1) is 22.7. The molecule has 8 nitrogen and oxygen atoms in total. The molecule has 0 radical (unpaired) electrons. The van der Waals surface area contributed by atoms with Crippen LogP contribution in [0.2, 0.25) is 0 Å². The van der Waals surface area contributed by atoms with Gasteiger partial charge in [-0.15, -0.1) is 0 Å². The van der Waals surface area contributed by atoms with Crippen molar-refractivity contribution in [3.63, 3.8) is 0 Å². The second-order valence-corrected chi connectivity index (χ2v) is 9.86. The molecule has 2 saturated heterocycles. The van der Waals surface area contributed by atoms with Crippen molar-refractivity contribution in [1.29, 1.82) is 0 Å². The first-order chi connectivity index (χ1) is 15.5. The van der Waals surface area contributed by atoms with E-state index < -0.39 is 10.0 Å². The molecule has 0 aliphatic carbocycles. The smallest absolute Gasteiger partial charge is 0.260 e. The Hall–Kier alpha value is -2.46. The fourth-order valence-corrected chi connectivity index (χ4v) is 5.29. The number of carbonyl (C=O) groups is 1. The number of nitrogens with zero attached hydrogens (tertiary/aromatic N) is 3. The molecule has 2 fully saturated rings. The standard InChI is InChI=1S/C23H29N3O5S/c27-23(25-12-10-24(11-13-25)18-20-4-2-1-3-5-20)19-31-21-6-8-22(9-7-21)32(28,29)26-14-16-30-17-15-26/h1-9H,10-19H2. The van der Waals surface area contributed by atoms with E-state index in [1.807, 2.05) is 23.1 Å². The van der Waals surface area contributed by atoms with Gasteiger partial charge in [0, 0.05) is 45.8 Å². The molecule has 0 spiro atoms. The highest BCUT2D eigenvalue weighted by molar-refractivity contribution is 7.89. The summed E-state index contributed by atoms with van der Waals surface area (Å²) >= 11 is 0. The third-order valence-corrected chi connectivity index (χ3v) is 7.68. The van der Waals surface area contributed by atoms with Gasteiger partial charge in [0.05, 0.1) is 18.1 Å². The van der Waals surface area contributed by atoms with E-state index in [-0.39, 0.29) is 17.4 Å². The number of carbonyl (C=O) groups excluding carboxylic acids is 1. The predicted molar refractivity (Wildman–Crippen MR) is 120 cm³/mol. The van der Waals surface area contributed by atoms with Crippen LogP contribution < -0.4 is 4.74 Å². The molecule has 2 heterocycles. The highest BCUT2D eigenvalue weighted by atomic mass is 32.2.